The summed E-state index contributed by atoms with van der Waals surface area (Å²) in [6, 6.07) is 8.08. The van der Waals surface area contributed by atoms with Gasteiger partial charge in [0.2, 0.25) is 5.91 Å². The zero-order chi connectivity index (χ0) is 17.6. The second-order valence-electron chi connectivity index (χ2n) is 6.60. The Labute approximate surface area is 151 Å². The lowest BCUT2D eigenvalue weighted by atomic mass is 10.1. The van der Waals surface area contributed by atoms with Crippen LogP contribution in [0.4, 0.5) is 5.69 Å². The molecule has 2 aromatic rings. The van der Waals surface area contributed by atoms with Crippen LogP contribution in [0.15, 0.2) is 34.2 Å². The lowest BCUT2D eigenvalue weighted by Gasteiger charge is -2.28. The maximum atomic E-state index is 13.1. The van der Waals surface area contributed by atoms with Gasteiger partial charge >= 0.3 is 0 Å². The quantitative estimate of drug-likeness (QED) is 0.777. The SMILES string of the molecule is CCc1c(C)nc2n(c1=O)CC(C(=O)N1CCc3ccccc31)CS2. The molecular formula is C19H21N3O2S. The summed E-state index contributed by atoms with van der Waals surface area (Å²) in [6.07, 6.45) is 1.57. The summed E-state index contributed by atoms with van der Waals surface area (Å²) in [6.45, 7) is 5.02. The average Bonchev–Trinajstić information content (AvgIpc) is 3.05. The van der Waals surface area contributed by atoms with Crippen LogP contribution in [0.1, 0.15) is 23.7 Å². The Bertz CT molecular complexity index is 906. The normalized spacial score (nSPS) is 18.8. The molecule has 1 amide bonds. The molecule has 4 rings (SSSR count). The molecule has 1 aromatic heterocycles. The van der Waals surface area contributed by atoms with Crippen molar-refractivity contribution >= 4 is 23.4 Å². The number of aromatic nitrogens is 2. The summed E-state index contributed by atoms with van der Waals surface area (Å²) >= 11 is 1.52. The van der Waals surface area contributed by atoms with Crippen molar-refractivity contribution in [1.82, 2.24) is 9.55 Å². The van der Waals surface area contributed by atoms with E-state index in [4.69, 9.17) is 0 Å². The molecule has 0 N–H and O–H groups in total. The van der Waals surface area contributed by atoms with E-state index in [0.29, 0.717) is 18.7 Å². The van der Waals surface area contributed by atoms with Gasteiger partial charge in [0.25, 0.3) is 5.56 Å². The Balaban J connectivity index is 1.63. The molecule has 0 bridgehead atoms. The van der Waals surface area contributed by atoms with Crippen LogP contribution in [0, 0.1) is 12.8 Å². The van der Waals surface area contributed by atoms with Crippen molar-refractivity contribution in [3.8, 4) is 0 Å². The second kappa shape index (κ2) is 6.33. The highest BCUT2D eigenvalue weighted by atomic mass is 32.2. The molecule has 0 radical (unpaired) electrons. The number of nitrogens with zero attached hydrogens (tertiary/aromatic N) is 3. The van der Waals surface area contributed by atoms with Crippen LogP contribution < -0.4 is 10.5 Å². The number of carbonyl (C=O) groups excluding carboxylic acids is 1. The molecule has 0 saturated heterocycles. The molecular weight excluding hydrogens is 334 g/mol. The van der Waals surface area contributed by atoms with Gasteiger partial charge in [0.05, 0.1) is 5.92 Å². The number of amides is 1. The van der Waals surface area contributed by atoms with Crippen LogP contribution in [-0.2, 0) is 24.2 Å². The molecule has 0 saturated carbocycles. The Kier molecular flexibility index (Phi) is 4.15. The summed E-state index contributed by atoms with van der Waals surface area (Å²) in [5.41, 5.74) is 3.82. The first kappa shape index (κ1) is 16.4. The standard InChI is InChI=1S/C19H21N3O2S/c1-3-15-12(2)20-19-22(18(15)24)10-14(11-25-19)17(23)21-9-8-13-6-4-5-7-16(13)21/h4-7,14H,3,8-11H2,1-2H3. The highest BCUT2D eigenvalue weighted by molar-refractivity contribution is 7.99. The lowest BCUT2D eigenvalue weighted by molar-refractivity contribution is -0.122. The maximum Gasteiger partial charge on any atom is 0.257 e. The molecule has 1 atom stereocenters. The first-order valence-corrected chi connectivity index (χ1v) is 9.71. The zero-order valence-electron chi connectivity index (χ0n) is 14.5. The van der Waals surface area contributed by atoms with Gasteiger partial charge in [-0.2, -0.15) is 0 Å². The minimum Gasteiger partial charge on any atom is -0.311 e. The predicted molar refractivity (Wildman–Crippen MR) is 99.3 cm³/mol. The van der Waals surface area contributed by atoms with Crippen molar-refractivity contribution in [2.45, 2.75) is 38.4 Å². The predicted octanol–water partition coefficient (Wildman–Crippen LogP) is 2.43. The van der Waals surface area contributed by atoms with Crippen LogP contribution in [0.3, 0.4) is 0 Å². The van der Waals surface area contributed by atoms with E-state index < -0.39 is 0 Å². The molecule has 2 aliphatic heterocycles. The van der Waals surface area contributed by atoms with E-state index in [1.54, 1.807) is 4.57 Å². The van der Waals surface area contributed by atoms with Crippen molar-refractivity contribution in [3.63, 3.8) is 0 Å². The number of carbonyl (C=O) groups is 1. The molecule has 6 heteroatoms. The van der Waals surface area contributed by atoms with E-state index in [-0.39, 0.29) is 17.4 Å². The van der Waals surface area contributed by atoms with Crippen LogP contribution in [-0.4, -0.2) is 27.8 Å². The Morgan fingerprint density at radius 1 is 1.36 bits per heavy atom. The van der Waals surface area contributed by atoms with Crippen LogP contribution in [0.25, 0.3) is 0 Å². The number of fused-ring (bicyclic) bond motifs is 2. The first-order chi connectivity index (χ1) is 12.1. The fourth-order valence-electron chi connectivity index (χ4n) is 3.74. The highest BCUT2D eigenvalue weighted by Gasteiger charge is 2.33. The minimum atomic E-state index is -0.185. The third kappa shape index (κ3) is 2.68. The van der Waals surface area contributed by atoms with Crippen molar-refractivity contribution in [1.29, 1.82) is 0 Å². The van der Waals surface area contributed by atoms with Gasteiger partial charge < -0.3 is 4.90 Å². The largest absolute Gasteiger partial charge is 0.311 e. The second-order valence-corrected chi connectivity index (χ2v) is 7.59. The average molecular weight is 355 g/mol. The van der Waals surface area contributed by atoms with E-state index in [2.05, 4.69) is 11.1 Å². The minimum absolute atomic E-state index is 0.0109. The van der Waals surface area contributed by atoms with Crippen LogP contribution in [0.2, 0.25) is 0 Å². The smallest absolute Gasteiger partial charge is 0.257 e. The molecule has 3 heterocycles. The molecule has 25 heavy (non-hydrogen) atoms. The molecule has 0 aliphatic carbocycles. The van der Waals surface area contributed by atoms with Gasteiger partial charge in [-0.25, -0.2) is 4.98 Å². The van der Waals surface area contributed by atoms with Crippen molar-refractivity contribution in [2.75, 3.05) is 17.2 Å². The molecule has 0 fully saturated rings. The molecule has 0 spiro atoms. The number of hydrogen-bond donors (Lipinski definition) is 0. The molecule has 5 nitrogen and oxygen atoms in total. The number of para-hydroxylation sites is 1. The highest BCUT2D eigenvalue weighted by Crippen LogP contribution is 2.32. The molecule has 130 valence electrons. The van der Waals surface area contributed by atoms with E-state index in [1.807, 2.05) is 36.9 Å². The summed E-state index contributed by atoms with van der Waals surface area (Å²) in [5.74, 6) is 0.610. The number of rotatable bonds is 2. The fraction of sp³-hybridized carbons (Fsp3) is 0.421. The van der Waals surface area contributed by atoms with Gasteiger partial charge in [-0.15, -0.1) is 0 Å². The van der Waals surface area contributed by atoms with Gasteiger partial charge in [-0.05, 0) is 31.4 Å². The summed E-state index contributed by atoms with van der Waals surface area (Å²) in [7, 11) is 0. The van der Waals surface area contributed by atoms with Crippen LogP contribution >= 0.6 is 11.8 Å². The number of anilines is 1. The van der Waals surface area contributed by atoms with Gasteiger partial charge in [-0.1, -0.05) is 36.9 Å². The van der Waals surface area contributed by atoms with Crippen molar-refractivity contribution in [2.24, 2.45) is 5.92 Å². The Morgan fingerprint density at radius 3 is 2.96 bits per heavy atom. The Hall–Kier alpha value is -2.08. The molecule has 1 aromatic carbocycles. The number of aryl methyl sites for hydroxylation is 1. The molecule has 1 unspecified atom stereocenters. The van der Waals surface area contributed by atoms with Gasteiger partial charge in [0, 0.05) is 35.8 Å². The summed E-state index contributed by atoms with van der Waals surface area (Å²) < 4.78 is 1.70. The van der Waals surface area contributed by atoms with E-state index in [9.17, 15) is 9.59 Å². The Morgan fingerprint density at radius 2 is 2.16 bits per heavy atom. The third-order valence-corrected chi connectivity index (χ3v) is 6.25. The van der Waals surface area contributed by atoms with Gasteiger partial charge in [0.1, 0.15) is 0 Å². The van der Waals surface area contributed by atoms with Crippen LogP contribution in [0.5, 0.6) is 0 Å². The van der Waals surface area contributed by atoms with Gasteiger partial charge in [0.15, 0.2) is 5.16 Å². The third-order valence-electron chi connectivity index (χ3n) is 5.11. The van der Waals surface area contributed by atoms with E-state index in [1.165, 1.54) is 17.3 Å². The fourth-order valence-corrected chi connectivity index (χ4v) is 4.85. The number of thioether (sulfide) groups is 1. The summed E-state index contributed by atoms with van der Waals surface area (Å²) in [5, 5.41) is 0.741. The maximum absolute atomic E-state index is 13.1. The monoisotopic (exact) mass is 355 g/mol. The van der Waals surface area contributed by atoms with Crippen molar-refractivity contribution in [3.05, 3.63) is 51.4 Å². The first-order valence-electron chi connectivity index (χ1n) is 8.72. The van der Waals surface area contributed by atoms with Crippen molar-refractivity contribution < 1.29 is 4.79 Å². The number of benzene rings is 1. The van der Waals surface area contributed by atoms with E-state index in [0.717, 1.165) is 35.1 Å². The zero-order valence-corrected chi connectivity index (χ0v) is 15.3. The number of hydrogen-bond acceptors (Lipinski definition) is 4. The lowest BCUT2D eigenvalue weighted by Crippen LogP contribution is -2.42. The topological polar surface area (TPSA) is 55.2 Å². The van der Waals surface area contributed by atoms with Gasteiger partial charge in [-0.3, -0.25) is 14.2 Å². The molecule has 2 aliphatic rings. The van der Waals surface area contributed by atoms with E-state index >= 15 is 0 Å². The summed E-state index contributed by atoms with van der Waals surface area (Å²) in [4.78, 5) is 32.3.